The van der Waals surface area contributed by atoms with Crippen LogP contribution in [0, 0.1) is 17.1 Å². The Bertz CT molecular complexity index is 1010. The Morgan fingerprint density at radius 1 is 1.34 bits per heavy atom. The number of carbonyl (C=O) groups excluding carboxylic acids is 1. The lowest BCUT2D eigenvalue weighted by molar-refractivity contribution is -0.124. The van der Waals surface area contributed by atoms with Crippen LogP contribution in [0.2, 0.25) is 0 Å². The lowest BCUT2D eigenvalue weighted by Gasteiger charge is -2.40. The molecule has 2 aromatic rings. The number of nitrogens with zero attached hydrogens (tertiary/aromatic N) is 3. The van der Waals surface area contributed by atoms with Gasteiger partial charge < -0.3 is 21.7 Å². The van der Waals surface area contributed by atoms with E-state index >= 15 is 0 Å². The van der Waals surface area contributed by atoms with Crippen LogP contribution in [0.4, 0.5) is 21.7 Å². The third kappa shape index (κ3) is 3.69. The monoisotopic (exact) mass is 395 g/mol. The van der Waals surface area contributed by atoms with Crippen molar-refractivity contribution >= 4 is 29.3 Å². The van der Waals surface area contributed by atoms with Crippen molar-refractivity contribution in [1.82, 2.24) is 15.3 Å². The molecule has 1 aliphatic rings. The van der Waals surface area contributed by atoms with Gasteiger partial charge in [0.1, 0.15) is 35.4 Å². The molecule has 29 heavy (non-hydrogen) atoms. The van der Waals surface area contributed by atoms with Crippen molar-refractivity contribution in [1.29, 1.82) is 5.26 Å². The van der Waals surface area contributed by atoms with Crippen LogP contribution in [0.1, 0.15) is 31.9 Å². The first-order valence-electron chi connectivity index (χ1n) is 9.12. The van der Waals surface area contributed by atoms with Gasteiger partial charge in [-0.25, -0.2) is 14.4 Å². The predicted octanol–water partition coefficient (Wildman–Crippen LogP) is 2.27. The highest BCUT2D eigenvalue weighted by Crippen LogP contribution is 2.33. The fourth-order valence-electron chi connectivity index (χ4n) is 3.20. The minimum atomic E-state index is -1.27. The lowest BCUT2D eigenvalue weighted by Crippen LogP contribution is -2.62. The van der Waals surface area contributed by atoms with Gasteiger partial charge in [0.2, 0.25) is 0 Å². The molecule has 2 atom stereocenters. The number of anilines is 3. The molecule has 1 aromatic carbocycles. The van der Waals surface area contributed by atoms with Crippen LogP contribution in [0.3, 0.4) is 0 Å². The first kappa shape index (κ1) is 20.1. The number of nitrogens with one attached hydrogen (secondary N) is 3. The van der Waals surface area contributed by atoms with E-state index in [1.807, 2.05) is 19.9 Å². The molecule has 1 aliphatic heterocycles. The summed E-state index contributed by atoms with van der Waals surface area (Å²) in [6.07, 6.45) is 4.43. The number of aromatic nitrogens is 2. The molecule has 1 aromatic heterocycles. The van der Waals surface area contributed by atoms with Gasteiger partial charge in [0, 0.05) is 17.3 Å². The van der Waals surface area contributed by atoms with Gasteiger partial charge in [0.15, 0.2) is 5.54 Å². The molecule has 1 unspecified atom stereocenters. The zero-order valence-electron chi connectivity index (χ0n) is 16.3. The van der Waals surface area contributed by atoms with Crippen molar-refractivity contribution in [3.05, 3.63) is 47.5 Å². The molecule has 1 amide bonds. The van der Waals surface area contributed by atoms with Crippen molar-refractivity contribution < 1.29 is 9.18 Å². The van der Waals surface area contributed by atoms with Crippen molar-refractivity contribution in [2.24, 2.45) is 0 Å². The average Bonchev–Trinajstić information content (AvgIpc) is 2.67. The highest BCUT2D eigenvalue weighted by atomic mass is 19.1. The molecule has 0 fully saturated rings. The van der Waals surface area contributed by atoms with E-state index in [9.17, 15) is 14.4 Å². The van der Waals surface area contributed by atoms with Gasteiger partial charge in [-0.2, -0.15) is 5.26 Å². The van der Waals surface area contributed by atoms with Gasteiger partial charge in [-0.15, -0.1) is 0 Å². The molecule has 0 radical (unpaired) electrons. The van der Waals surface area contributed by atoms with E-state index in [4.69, 9.17) is 5.73 Å². The van der Waals surface area contributed by atoms with Gasteiger partial charge in [0.25, 0.3) is 5.91 Å². The molecule has 0 saturated heterocycles. The highest BCUT2D eigenvalue weighted by molar-refractivity contribution is 5.97. The number of amides is 1. The number of carbonyl (C=O) groups is 1. The molecule has 0 aliphatic carbocycles. The van der Waals surface area contributed by atoms with E-state index in [1.54, 1.807) is 31.2 Å². The number of fused-ring (bicyclic) bond motifs is 1. The van der Waals surface area contributed by atoms with Crippen molar-refractivity contribution in [3.8, 4) is 6.07 Å². The molecule has 0 saturated carbocycles. The second kappa shape index (κ2) is 7.75. The summed E-state index contributed by atoms with van der Waals surface area (Å²) >= 11 is 0. The Kier molecular flexibility index (Phi) is 5.37. The highest BCUT2D eigenvalue weighted by Gasteiger charge is 2.44. The van der Waals surface area contributed by atoms with Gasteiger partial charge in [0.05, 0.1) is 6.04 Å². The van der Waals surface area contributed by atoms with E-state index in [-0.39, 0.29) is 35.0 Å². The fourth-order valence-corrected chi connectivity index (χ4v) is 3.20. The van der Waals surface area contributed by atoms with E-state index in [0.29, 0.717) is 11.3 Å². The number of hydrogen-bond acceptors (Lipinski definition) is 7. The Labute approximate surface area is 168 Å². The number of halogens is 1. The maximum atomic E-state index is 14.2. The summed E-state index contributed by atoms with van der Waals surface area (Å²) in [5.41, 5.74) is 5.44. The molecular weight excluding hydrogens is 373 g/mol. The fraction of sp³-hybridized carbons (Fsp3) is 0.300. The van der Waals surface area contributed by atoms with Crippen molar-refractivity contribution in [2.75, 3.05) is 16.4 Å². The topological polar surface area (TPSA) is 129 Å². The molecule has 150 valence electrons. The minimum absolute atomic E-state index is 0.0393. The number of rotatable bonds is 5. The summed E-state index contributed by atoms with van der Waals surface area (Å²) < 4.78 is 14.2. The Morgan fingerprint density at radius 3 is 2.79 bits per heavy atom. The number of benzene rings is 1. The lowest BCUT2D eigenvalue weighted by atomic mass is 9.84. The minimum Gasteiger partial charge on any atom is -0.382 e. The van der Waals surface area contributed by atoms with Gasteiger partial charge in [-0.05, 0) is 39.0 Å². The standard InChI is InChI=1S/C20H22FN7O/c1-11(2)26-19(29)20(8-7-13-15(21)5-4-6-16(13)28-20)12(3)27-18-14(9-22)17(23)24-10-25-18/h4-8,10-12,28H,1-3H3,(H,26,29)(H3,23,24,25,27)/t12?,20-/m0/s1. The maximum absolute atomic E-state index is 14.2. The van der Waals surface area contributed by atoms with Crippen molar-refractivity contribution in [2.45, 2.75) is 38.4 Å². The zero-order valence-corrected chi connectivity index (χ0v) is 16.3. The summed E-state index contributed by atoms with van der Waals surface area (Å²) in [6.45, 7) is 5.46. The quantitative estimate of drug-likeness (QED) is 0.611. The van der Waals surface area contributed by atoms with E-state index in [1.165, 1.54) is 12.4 Å². The third-order valence-electron chi connectivity index (χ3n) is 4.73. The molecule has 2 heterocycles. The maximum Gasteiger partial charge on any atom is 0.252 e. The summed E-state index contributed by atoms with van der Waals surface area (Å²) in [5, 5.41) is 18.5. The van der Waals surface area contributed by atoms with Crippen LogP contribution in [0.25, 0.3) is 6.08 Å². The molecule has 0 bridgehead atoms. The van der Waals surface area contributed by atoms with Gasteiger partial charge in [-0.3, -0.25) is 4.79 Å². The summed E-state index contributed by atoms with van der Waals surface area (Å²) in [4.78, 5) is 21.1. The number of nitrogen functional groups attached to an aromatic ring is 1. The predicted molar refractivity (Wildman–Crippen MR) is 109 cm³/mol. The van der Waals surface area contributed by atoms with Crippen LogP contribution < -0.4 is 21.7 Å². The molecular formula is C20H22FN7O. The molecule has 9 heteroatoms. The Morgan fingerprint density at radius 2 is 2.10 bits per heavy atom. The zero-order chi connectivity index (χ0) is 21.2. The third-order valence-corrected chi connectivity index (χ3v) is 4.73. The molecule has 8 nitrogen and oxygen atoms in total. The van der Waals surface area contributed by atoms with E-state index in [2.05, 4.69) is 25.9 Å². The first-order valence-corrected chi connectivity index (χ1v) is 9.12. The molecule has 0 spiro atoms. The first-order chi connectivity index (χ1) is 13.8. The van der Waals surface area contributed by atoms with E-state index < -0.39 is 11.6 Å². The summed E-state index contributed by atoms with van der Waals surface area (Å²) in [7, 11) is 0. The second-order valence-electron chi connectivity index (χ2n) is 7.12. The normalized spacial score (nSPS) is 18.3. The molecule has 3 rings (SSSR count). The molecule has 5 N–H and O–H groups in total. The van der Waals surface area contributed by atoms with Crippen LogP contribution in [-0.4, -0.2) is 33.5 Å². The van der Waals surface area contributed by atoms with Gasteiger partial charge >= 0.3 is 0 Å². The van der Waals surface area contributed by atoms with Crippen molar-refractivity contribution in [3.63, 3.8) is 0 Å². The number of hydrogen-bond donors (Lipinski definition) is 4. The summed E-state index contributed by atoms with van der Waals surface area (Å²) in [5.74, 6) is -0.443. The Balaban J connectivity index is 2.03. The smallest absolute Gasteiger partial charge is 0.252 e. The second-order valence-corrected chi connectivity index (χ2v) is 7.12. The number of nitrogens with two attached hydrogens (primary N) is 1. The van der Waals surface area contributed by atoms with Crippen LogP contribution in [-0.2, 0) is 4.79 Å². The SMILES string of the molecule is CC(C)NC(=O)[C@@]1(C(C)Nc2ncnc(N)c2C#N)C=Cc2c(F)cccc2N1. The van der Waals surface area contributed by atoms with Crippen LogP contribution in [0.15, 0.2) is 30.6 Å². The Hall–Kier alpha value is -3.67. The summed E-state index contributed by atoms with van der Waals surface area (Å²) in [6, 6.07) is 5.90. The number of nitriles is 1. The van der Waals surface area contributed by atoms with Gasteiger partial charge in [-0.1, -0.05) is 12.1 Å². The van der Waals surface area contributed by atoms with E-state index in [0.717, 1.165) is 0 Å². The van der Waals surface area contributed by atoms with Crippen LogP contribution in [0.5, 0.6) is 0 Å². The van der Waals surface area contributed by atoms with Crippen LogP contribution >= 0.6 is 0 Å². The largest absolute Gasteiger partial charge is 0.382 e. The average molecular weight is 395 g/mol.